The summed E-state index contributed by atoms with van der Waals surface area (Å²) >= 11 is 0. The van der Waals surface area contributed by atoms with Crippen LogP contribution in [0.2, 0.25) is 0 Å². The van der Waals surface area contributed by atoms with Crippen LogP contribution in [-0.2, 0) is 84.7 Å². The molecule has 84 heavy (non-hydrogen) atoms. The number of fused-ring (bicyclic) bond motifs is 4. The molecule has 3 aliphatic rings. The van der Waals surface area contributed by atoms with Gasteiger partial charge in [-0.3, -0.25) is 57.4 Å². The topological polar surface area (TPSA) is 400 Å². The number of carboxylic acids is 1. The zero-order chi connectivity index (χ0) is 61.1. The van der Waals surface area contributed by atoms with E-state index in [0.717, 1.165) is 37.1 Å². The first-order valence-corrected chi connectivity index (χ1v) is 27.9. The van der Waals surface area contributed by atoms with E-state index in [1.807, 2.05) is 0 Å². The number of halogens is 3. The second-order valence-corrected chi connectivity index (χ2v) is 21.1. The molecular formula is C53H73F3N16O12. The van der Waals surface area contributed by atoms with Gasteiger partial charge >= 0.3 is 12.1 Å². The zero-order valence-corrected chi connectivity index (χ0v) is 46.7. The van der Waals surface area contributed by atoms with Crippen molar-refractivity contribution < 1.29 is 71.0 Å². The fourth-order valence-corrected chi connectivity index (χ4v) is 9.38. The summed E-state index contributed by atoms with van der Waals surface area (Å²) in [6, 6.07) is -8.25. The number of carboxylic acid groups (broad SMARTS) is 1. The van der Waals surface area contributed by atoms with Crippen molar-refractivity contribution in [3.63, 3.8) is 0 Å². The average molecular weight is 1180 g/mol. The highest BCUT2D eigenvalue weighted by molar-refractivity contribution is 5.98. The number of aromatic amines is 1. The first-order chi connectivity index (χ1) is 40.0. The number of amides is 10. The maximum Gasteiger partial charge on any atom is 0.416 e. The van der Waals surface area contributed by atoms with Gasteiger partial charge < -0.3 is 68.6 Å². The van der Waals surface area contributed by atoms with E-state index in [9.17, 15) is 71.0 Å². The van der Waals surface area contributed by atoms with Crippen molar-refractivity contribution in [2.75, 3.05) is 20.1 Å². The molecule has 9 atom stereocenters. The van der Waals surface area contributed by atoms with E-state index < -0.39 is 157 Å². The van der Waals surface area contributed by atoms with Crippen LogP contribution in [0.3, 0.4) is 0 Å². The summed E-state index contributed by atoms with van der Waals surface area (Å²) in [4.78, 5) is 159. The Kier molecular flexibility index (Phi) is 23.6. The first-order valence-electron chi connectivity index (χ1n) is 27.9. The van der Waals surface area contributed by atoms with E-state index in [-0.39, 0.29) is 81.6 Å². The lowest BCUT2D eigenvalue weighted by Gasteiger charge is -2.26. The molecule has 31 heteroatoms. The number of nitrogens with one attached hydrogen (secondary N) is 12. The second-order valence-electron chi connectivity index (χ2n) is 21.1. The van der Waals surface area contributed by atoms with E-state index in [1.54, 1.807) is 0 Å². The first kappa shape index (κ1) is 64.7. The number of nitrogens with zero attached hydrogens (tertiary/aromatic N) is 4. The third-order valence-corrected chi connectivity index (χ3v) is 14.4. The molecule has 6 rings (SSSR count). The number of carbonyl (C=O) groups is 11. The third-order valence-electron chi connectivity index (χ3n) is 14.4. The Labute approximate surface area is 480 Å². The van der Waals surface area contributed by atoms with Crippen molar-refractivity contribution in [1.29, 1.82) is 0 Å². The lowest BCUT2D eigenvalue weighted by Crippen LogP contribution is -2.59. The normalized spacial score (nSPS) is 26.0. The molecule has 28 nitrogen and oxygen atoms in total. The Morgan fingerprint density at radius 3 is 2.00 bits per heavy atom. The summed E-state index contributed by atoms with van der Waals surface area (Å²) < 4.78 is 41.8. The van der Waals surface area contributed by atoms with Gasteiger partial charge in [0.1, 0.15) is 48.3 Å². The number of aromatic nitrogens is 5. The summed E-state index contributed by atoms with van der Waals surface area (Å²) in [5.41, 5.74) is -0.229. The van der Waals surface area contributed by atoms with E-state index in [1.165, 1.54) is 44.3 Å². The molecule has 3 aromatic rings. The summed E-state index contributed by atoms with van der Waals surface area (Å²) in [6.45, 7) is 2.17. The van der Waals surface area contributed by atoms with Crippen LogP contribution in [0.15, 0.2) is 43.0 Å². The smallest absolute Gasteiger partial charge is 0.416 e. The minimum Gasteiger partial charge on any atom is -0.481 e. The van der Waals surface area contributed by atoms with Crippen molar-refractivity contribution in [3.8, 4) is 0 Å². The van der Waals surface area contributed by atoms with Crippen LogP contribution >= 0.6 is 0 Å². The molecule has 0 radical (unpaired) electrons. The number of likely N-dealkylation sites (N-methyl/N-ethyl adjacent to an activating group) is 1. The summed E-state index contributed by atoms with van der Waals surface area (Å²) in [5, 5.41) is 46.8. The molecule has 2 aliphatic heterocycles. The van der Waals surface area contributed by atoms with Gasteiger partial charge in [-0.05, 0) is 89.0 Å². The van der Waals surface area contributed by atoms with Crippen LogP contribution < -0.4 is 58.5 Å². The lowest BCUT2D eigenvalue weighted by molar-refractivity contribution is -0.139. The molecule has 4 bridgehead atoms. The zero-order valence-electron chi connectivity index (χ0n) is 46.7. The van der Waals surface area contributed by atoms with Gasteiger partial charge in [-0.1, -0.05) is 37.1 Å². The molecule has 1 fully saturated rings. The van der Waals surface area contributed by atoms with Crippen molar-refractivity contribution >= 4 is 65.0 Å². The molecular weight excluding hydrogens is 1110 g/mol. The van der Waals surface area contributed by atoms with Gasteiger partial charge in [-0.2, -0.15) is 13.2 Å². The van der Waals surface area contributed by atoms with Crippen LogP contribution in [0.25, 0.3) is 0 Å². The van der Waals surface area contributed by atoms with Crippen molar-refractivity contribution in [2.24, 2.45) is 5.92 Å². The molecule has 1 aromatic carbocycles. The summed E-state index contributed by atoms with van der Waals surface area (Å²) in [5.74, 6) is -9.82. The second kappa shape index (κ2) is 30.7. The minimum atomic E-state index is -4.66. The highest BCUT2D eigenvalue weighted by Crippen LogP contribution is 2.33. The van der Waals surface area contributed by atoms with Gasteiger partial charge in [-0.15, -0.1) is 5.10 Å². The molecule has 1 saturated carbocycles. The molecule has 1 aliphatic carbocycles. The number of H-pyrrole nitrogens is 1. The van der Waals surface area contributed by atoms with Crippen LogP contribution in [0.1, 0.15) is 107 Å². The number of aliphatic carboxylic acids is 1. The maximum absolute atomic E-state index is 14.5. The summed E-state index contributed by atoms with van der Waals surface area (Å²) in [6.07, 6.45) is -0.231. The average Bonchev–Trinajstić information content (AvgIpc) is 4.07. The fourth-order valence-electron chi connectivity index (χ4n) is 9.38. The predicted octanol–water partition coefficient (Wildman–Crippen LogP) is -2.18. The predicted molar refractivity (Wildman–Crippen MR) is 289 cm³/mol. The third kappa shape index (κ3) is 20.1. The van der Waals surface area contributed by atoms with Crippen LogP contribution in [0, 0.1) is 5.92 Å². The van der Waals surface area contributed by atoms with Gasteiger partial charge in [0, 0.05) is 56.9 Å². The van der Waals surface area contributed by atoms with E-state index in [4.69, 9.17) is 0 Å². The number of imidazole rings is 1. The number of carbonyl (C=O) groups excluding carboxylic acids is 10. The number of benzene rings is 1. The lowest BCUT2D eigenvalue weighted by atomic mass is 10.0. The highest BCUT2D eigenvalue weighted by atomic mass is 19.4. The van der Waals surface area contributed by atoms with E-state index >= 15 is 0 Å². The Hall–Kier alpha value is -8.51. The number of hydrogen-bond acceptors (Lipinski definition) is 15. The molecule has 13 N–H and O–H groups in total. The quantitative estimate of drug-likeness (QED) is 0.0971. The number of alkyl halides is 3. The standard InChI is InChI=1S/C53H73F3N16O12/c1-4-34-47(79)66-38(21-30-12-14-31(15-13-30)53(54,55)56)45(77)59-18-6-5-8-35(57-3)48(80)62-28(2)44(76)65-36-9-7-19-72-26-33(70-71-72)23-41(51(83)64-34)69-50(82)37(16-17-43(74)75)63-42(73)25-60-46(78)39(20-29-10-11-29)67-52(84)40(68-49(36)81)22-32-24-58-27-61-32/h12-15,24,26-29,34-41,57H,4-11,16-23,25H2,1-3H3,(H,58,61)(H,59,77)(H,60,78)(H,62,80)(H,63,73)(H,64,83)(H,65,76)(H,66,79)(H,67,84)(H,68,81)(H,69,82)(H,74,75)/t28-,34-,35+,36+,37-,38-,39-,40-,41+/m0/s1. The number of hydrogen-bond donors (Lipinski definition) is 13. The van der Waals surface area contributed by atoms with Gasteiger partial charge in [0.2, 0.25) is 59.1 Å². The van der Waals surface area contributed by atoms with Crippen molar-refractivity contribution in [1.82, 2.24) is 83.4 Å². The Bertz CT molecular complexity index is 2810. The van der Waals surface area contributed by atoms with Crippen LogP contribution in [0.5, 0.6) is 0 Å². The molecule has 4 heterocycles. The van der Waals surface area contributed by atoms with Gasteiger partial charge in [0.25, 0.3) is 0 Å². The summed E-state index contributed by atoms with van der Waals surface area (Å²) in [7, 11) is 1.53. The molecule has 10 amide bonds. The van der Waals surface area contributed by atoms with Gasteiger partial charge in [-0.25, -0.2) is 4.98 Å². The number of aryl methyl sites for hydroxylation is 1. The molecule has 458 valence electrons. The SMILES string of the molecule is CC[C@@H]1NC(=O)[C@H]2Cc3cn(nn3)CCC[C@@H](NC(=O)[C@H](C)NC(=O)[C@H](NC)CCCCNC(=O)[C@H](Cc3ccc(C(F)(F)F)cc3)NC1=O)C(=O)N[C@@H](Cc1cnc[nH]1)C(=O)N[C@@H](CC1CC1)C(=O)NCC(=O)N[C@@H](CCC(=O)O)C(=O)N2. The van der Waals surface area contributed by atoms with Crippen molar-refractivity contribution in [3.05, 3.63) is 65.5 Å². The van der Waals surface area contributed by atoms with Gasteiger partial charge in [0.15, 0.2) is 0 Å². The largest absolute Gasteiger partial charge is 0.481 e. The molecule has 0 spiro atoms. The monoisotopic (exact) mass is 1180 g/mol. The molecule has 2 aromatic heterocycles. The fraction of sp³-hybridized carbons (Fsp3) is 0.585. The van der Waals surface area contributed by atoms with Crippen molar-refractivity contribution in [2.45, 2.75) is 171 Å². The maximum atomic E-state index is 14.5. The van der Waals surface area contributed by atoms with Crippen LogP contribution in [0.4, 0.5) is 13.2 Å². The molecule has 0 saturated heterocycles. The Balaban J connectivity index is 1.37. The van der Waals surface area contributed by atoms with E-state index in [2.05, 4.69) is 78.8 Å². The molecule has 0 unspecified atom stereocenters. The minimum absolute atomic E-state index is 0.00642. The Morgan fingerprint density at radius 2 is 1.33 bits per heavy atom. The number of rotatable bonds is 11. The van der Waals surface area contributed by atoms with E-state index in [0.29, 0.717) is 12.1 Å². The van der Waals surface area contributed by atoms with Gasteiger partial charge in [0.05, 0.1) is 30.2 Å². The highest BCUT2D eigenvalue weighted by Gasteiger charge is 2.37. The van der Waals surface area contributed by atoms with Crippen LogP contribution in [-0.4, -0.2) is 170 Å². The Morgan fingerprint density at radius 1 is 0.690 bits per heavy atom.